The molecule has 5 nitrogen and oxygen atoms in total. The summed E-state index contributed by atoms with van der Waals surface area (Å²) in [5, 5.41) is 3.19. The Morgan fingerprint density at radius 3 is 2.33 bits per heavy atom. The predicted molar refractivity (Wildman–Crippen MR) is 85.4 cm³/mol. The number of pyridine rings is 1. The number of hydrogen-bond acceptors (Lipinski definition) is 3. The van der Waals surface area contributed by atoms with Crippen molar-refractivity contribution in [2.45, 2.75) is 25.4 Å². The summed E-state index contributed by atoms with van der Waals surface area (Å²) in [6.07, 6.45) is -2.68. The molecule has 0 aromatic carbocycles. The number of nitrogens with one attached hydrogen (secondary N) is 1. The van der Waals surface area contributed by atoms with Gasteiger partial charge in [0.1, 0.15) is 11.5 Å². The smallest absolute Gasteiger partial charge is 0.326 e. The highest BCUT2D eigenvalue weighted by Crippen LogP contribution is 2.42. The van der Waals surface area contributed by atoms with Crippen molar-refractivity contribution in [3.63, 3.8) is 0 Å². The van der Waals surface area contributed by atoms with Gasteiger partial charge < -0.3 is 9.88 Å². The molecule has 1 aromatic rings. The van der Waals surface area contributed by atoms with Crippen LogP contribution in [0, 0.1) is 5.41 Å². The van der Waals surface area contributed by atoms with Crippen LogP contribution in [0.25, 0.3) is 0 Å². The fourth-order valence-corrected chi connectivity index (χ4v) is 3.56. The Labute approximate surface area is 143 Å². The maximum absolute atomic E-state index is 13.1. The summed E-state index contributed by atoms with van der Waals surface area (Å²) in [5.74, 6) is -0.154. The molecule has 0 unspecified atom stereocenters. The van der Waals surface area contributed by atoms with Gasteiger partial charge in [-0.05, 0) is 32.4 Å². The fourth-order valence-electron chi connectivity index (χ4n) is 3.56. The third-order valence-corrected chi connectivity index (χ3v) is 4.90. The number of carbonyl (C=O) groups is 1. The summed E-state index contributed by atoms with van der Waals surface area (Å²) in [7, 11) is 1.23. The lowest BCUT2D eigenvalue weighted by molar-refractivity contribution is -0.143. The van der Waals surface area contributed by atoms with Crippen LogP contribution in [0.5, 0.6) is 0 Å². The van der Waals surface area contributed by atoms with E-state index in [2.05, 4.69) is 5.32 Å². The molecule has 2 fully saturated rings. The Hall–Kier alpha value is -1.54. The molecule has 0 aliphatic carbocycles. The number of piperidine rings is 1. The first-order valence-corrected chi connectivity index (χ1v) is 7.56. The van der Waals surface area contributed by atoms with Gasteiger partial charge in [0.05, 0.1) is 5.41 Å². The molecule has 24 heavy (non-hydrogen) atoms. The predicted octanol–water partition coefficient (Wildman–Crippen LogP) is 1.93. The molecule has 3 rings (SSSR count). The van der Waals surface area contributed by atoms with E-state index < -0.39 is 22.7 Å². The highest BCUT2D eigenvalue weighted by atomic mass is 35.5. The largest absolute Gasteiger partial charge is 0.431 e. The minimum atomic E-state index is -4.64. The molecule has 2 saturated heterocycles. The zero-order valence-corrected chi connectivity index (χ0v) is 14.0. The maximum Gasteiger partial charge on any atom is 0.431 e. The molecule has 2 aliphatic rings. The van der Waals surface area contributed by atoms with Gasteiger partial charge >= 0.3 is 6.18 Å². The van der Waals surface area contributed by atoms with E-state index >= 15 is 0 Å². The van der Waals surface area contributed by atoms with E-state index in [1.165, 1.54) is 11.9 Å². The molecule has 0 bridgehead atoms. The fraction of sp³-hybridized carbons (Fsp3) is 0.600. The Balaban J connectivity index is 0.00000208. The van der Waals surface area contributed by atoms with Crippen molar-refractivity contribution < 1.29 is 18.0 Å². The molecule has 1 amide bonds. The quantitative estimate of drug-likeness (QED) is 0.827. The van der Waals surface area contributed by atoms with Crippen molar-refractivity contribution in [3.8, 4) is 0 Å². The first-order valence-electron chi connectivity index (χ1n) is 7.56. The third kappa shape index (κ3) is 3.04. The molecular weight excluding hydrogens is 347 g/mol. The first kappa shape index (κ1) is 18.8. The number of nitrogens with zero attached hydrogens (tertiary/aromatic N) is 2. The second-order valence-electron chi connectivity index (χ2n) is 6.23. The van der Waals surface area contributed by atoms with E-state index in [0.717, 1.165) is 23.7 Å². The summed E-state index contributed by atoms with van der Waals surface area (Å²) >= 11 is 0. The zero-order chi connectivity index (χ0) is 16.8. The van der Waals surface area contributed by atoms with E-state index in [0.29, 0.717) is 31.9 Å². The van der Waals surface area contributed by atoms with Crippen LogP contribution < -0.4 is 15.6 Å². The number of alkyl halides is 3. The molecule has 1 spiro atoms. The maximum atomic E-state index is 13.1. The van der Waals surface area contributed by atoms with E-state index in [-0.39, 0.29) is 24.1 Å². The molecule has 9 heteroatoms. The van der Waals surface area contributed by atoms with E-state index in [1.54, 1.807) is 0 Å². The standard InChI is InChI=1S/C15H18F3N3O2.ClH/c1-20-11(15(16,17)18)8-10(22)9-12(20)21-7-4-14(13(21)23)2-5-19-6-3-14;/h8-9,19H,2-7H2,1H3;1H. The Kier molecular flexibility index (Phi) is 5.01. The molecular formula is C15H19ClF3N3O2. The summed E-state index contributed by atoms with van der Waals surface area (Å²) in [6.45, 7) is 1.79. The average molecular weight is 366 g/mol. The van der Waals surface area contributed by atoms with Gasteiger partial charge in [0.2, 0.25) is 5.91 Å². The number of amides is 1. The number of carbonyl (C=O) groups excluding carboxylic acids is 1. The number of rotatable bonds is 1. The van der Waals surface area contributed by atoms with Gasteiger partial charge in [-0.2, -0.15) is 13.2 Å². The number of halogens is 4. The minimum absolute atomic E-state index is 0. The lowest BCUT2D eigenvalue weighted by atomic mass is 9.78. The Morgan fingerprint density at radius 2 is 1.75 bits per heavy atom. The second-order valence-corrected chi connectivity index (χ2v) is 6.23. The van der Waals surface area contributed by atoms with E-state index in [9.17, 15) is 22.8 Å². The SMILES string of the molecule is Cl.Cn1c(N2CCC3(CCNCC3)C2=O)cc(=O)cc1C(F)(F)F. The van der Waals surface area contributed by atoms with Gasteiger partial charge in [0, 0.05) is 25.7 Å². The van der Waals surface area contributed by atoms with Crippen LogP contribution in [0.3, 0.4) is 0 Å². The molecule has 2 aliphatic heterocycles. The van der Waals surface area contributed by atoms with Crippen molar-refractivity contribution in [1.82, 2.24) is 9.88 Å². The monoisotopic (exact) mass is 365 g/mol. The number of hydrogen-bond donors (Lipinski definition) is 1. The van der Waals surface area contributed by atoms with Crippen LogP contribution in [0.4, 0.5) is 19.0 Å². The van der Waals surface area contributed by atoms with Crippen LogP contribution in [0.2, 0.25) is 0 Å². The number of anilines is 1. The molecule has 3 heterocycles. The van der Waals surface area contributed by atoms with Crippen molar-refractivity contribution >= 4 is 24.1 Å². The molecule has 1 N–H and O–H groups in total. The van der Waals surface area contributed by atoms with Gasteiger partial charge in [-0.1, -0.05) is 0 Å². The highest BCUT2D eigenvalue weighted by Gasteiger charge is 2.48. The van der Waals surface area contributed by atoms with Crippen LogP contribution in [-0.2, 0) is 18.0 Å². The number of aromatic nitrogens is 1. The van der Waals surface area contributed by atoms with Crippen molar-refractivity contribution in [1.29, 1.82) is 0 Å². The van der Waals surface area contributed by atoms with Crippen molar-refractivity contribution in [3.05, 3.63) is 28.0 Å². The van der Waals surface area contributed by atoms with Crippen molar-refractivity contribution in [2.24, 2.45) is 12.5 Å². The van der Waals surface area contributed by atoms with Crippen molar-refractivity contribution in [2.75, 3.05) is 24.5 Å². The Bertz CT molecular complexity index is 696. The van der Waals surface area contributed by atoms with Gasteiger partial charge in [-0.15, -0.1) is 12.4 Å². The topological polar surface area (TPSA) is 54.3 Å². The van der Waals surface area contributed by atoms with Gasteiger partial charge in [0.15, 0.2) is 5.43 Å². The molecule has 0 atom stereocenters. The van der Waals surface area contributed by atoms with E-state index in [1.807, 2.05) is 0 Å². The third-order valence-electron chi connectivity index (χ3n) is 4.90. The van der Waals surface area contributed by atoms with Crippen LogP contribution >= 0.6 is 12.4 Å². The average Bonchev–Trinajstić information content (AvgIpc) is 2.78. The lowest BCUT2D eigenvalue weighted by Gasteiger charge is -2.32. The molecule has 0 radical (unpaired) electrons. The molecule has 0 saturated carbocycles. The van der Waals surface area contributed by atoms with Gasteiger partial charge in [0.25, 0.3) is 0 Å². The summed E-state index contributed by atoms with van der Waals surface area (Å²) < 4.78 is 40.1. The minimum Gasteiger partial charge on any atom is -0.326 e. The van der Waals surface area contributed by atoms with Gasteiger partial charge in [-0.25, -0.2) is 0 Å². The zero-order valence-electron chi connectivity index (χ0n) is 13.2. The summed E-state index contributed by atoms with van der Waals surface area (Å²) in [6, 6.07) is 1.66. The van der Waals surface area contributed by atoms with Crippen LogP contribution in [0.1, 0.15) is 25.0 Å². The Morgan fingerprint density at radius 1 is 1.12 bits per heavy atom. The van der Waals surface area contributed by atoms with Crippen LogP contribution in [0.15, 0.2) is 16.9 Å². The second kappa shape index (κ2) is 6.40. The summed E-state index contributed by atoms with van der Waals surface area (Å²) in [4.78, 5) is 25.8. The highest BCUT2D eigenvalue weighted by molar-refractivity contribution is 5.99. The lowest BCUT2D eigenvalue weighted by Crippen LogP contribution is -2.43. The van der Waals surface area contributed by atoms with E-state index in [4.69, 9.17) is 0 Å². The molecule has 1 aromatic heterocycles. The van der Waals surface area contributed by atoms with Gasteiger partial charge in [-0.3, -0.25) is 14.5 Å². The normalized spacial score (nSPS) is 20.3. The molecule has 134 valence electrons. The summed E-state index contributed by atoms with van der Waals surface area (Å²) in [5.41, 5.74) is -2.29. The van der Waals surface area contributed by atoms with Crippen LogP contribution in [-0.4, -0.2) is 30.1 Å². The first-order chi connectivity index (χ1) is 10.7.